The second-order valence-electron chi connectivity index (χ2n) is 11.5. The van der Waals surface area contributed by atoms with E-state index in [9.17, 15) is 14.4 Å². The molecule has 2 aliphatic carbocycles. The van der Waals surface area contributed by atoms with Crippen LogP contribution in [0.2, 0.25) is 0 Å². The highest BCUT2D eigenvalue weighted by Gasteiger charge is 2.49. The van der Waals surface area contributed by atoms with Gasteiger partial charge in [0.15, 0.2) is 5.69 Å². The lowest BCUT2D eigenvalue weighted by Crippen LogP contribution is -2.66. The largest absolute Gasteiger partial charge is 0.510 e. The predicted octanol–water partition coefficient (Wildman–Crippen LogP) is 5.39. The van der Waals surface area contributed by atoms with E-state index in [-0.39, 0.29) is 43.2 Å². The number of benzene rings is 2. The van der Waals surface area contributed by atoms with Crippen molar-refractivity contribution in [2.45, 2.75) is 31.0 Å². The number of amides is 1. The van der Waals surface area contributed by atoms with E-state index in [1.807, 2.05) is 29.6 Å². The van der Waals surface area contributed by atoms with Crippen molar-refractivity contribution in [3.05, 3.63) is 98.0 Å². The van der Waals surface area contributed by atoms with Crippen LogP contribution in [0, 0.1) is 5.82 Å². The van der Waals surface area contributed by atoms with Gasteiger partial charge in [-0.15, -0.1) is 11.3 Å². The number of morpholine rings is 1. The number of ether oxygens (including phenoxy) is 4. The van der Waals surface area contributed by atoms with Crippen LogP contribution in [-0.4, -0.2) is 61.5 Å². The number of hydrogen-bond donors (Lipinski definition) is 0. The van der Waals surface area contributed by atoms with Crippen molar-refractivity contribution >= 4 is 23.4 Å². The molecule has 0 N–H and O–H groups in total. The summed E-state index contributed by atoms with van der Waals surface area (Å²) in [6.07, 6.45) is -0.866. The number of nitrogens with zero attached hydrogens (tertiary/aromatic N) is 3. The summed E-state index contributed by atoms with van der Waals surface area (Å²) in [6.45, 7) is -0.278. The van der Waals surface area contributed by atoms with E-state index in [0.29, 0.717) is 16.7 Å². The Morgan fingerprint density at radius 2 is 1.94 bits per heavy atom. The lowest BCUT2D eigenvalue weighted by Gasteiger charge is -2.51. The topological polar surface area (TPSA) is 99.5 Å². The molecule has 2 atom stereocenters. The average Bonchev–Trinajstić information content (AvgIpc) is 3.40. The van der Waals surface area contributed by atoms with E-state index in [4.69, 9.17) is 14.2 Å². The van der Waals surface area contributed by atoms with E-state index < -0.39 is 60.2 Å². The van der Waals surface area contributed by atoms with E-state index in [1.165, 1.54) is 39.2 Å². The maximum atomic E-state index is 16.0. The SMILES string of the molecule is COC(=O)OCOc1c2n(ccc1=O)N(C1c3ccccc3-c3scc4c3-c3c1ccc(F)c3C(F)(F)CC4)C1COCCN1C2=O. The molecule has 2 aliphatic heterocycles. The van der Waals surface area contributed by atoms with E-state index in [1.54, 1.807) is 5.01 Å². The molecular formula is C33H26F3N3O7S. The van der Waals surface area contributed by atoms with Gasteiger partial charge in [0, 0.05) is 41.2 Å². The number of pyridine rings is 1. The predicted molar refractivity (Wildman–Crippen MR) is 163 cm³/mol. The second kappa shape index (κ2) is 10.9. The van der Waals surface area contributed by atoms with Gasteiger partial charge in [0.25, 0.3) is 11.8 Å². The summed E-state index contributed by atoms with van der Waals surface area (Å²) in [7, 11) is 1.11. The average molecular weight is 666 g/mol. The van der Waals surface area contributed by atoms with Crippen LogP contribution in [0.5, 0.6) is 5.75 Å². The number of thiophene rings is 1. The standard InChI is InChI=1S/C33H26F3N3O7S/c1-43-32(42)46-16-45-29-22(40)9-11-38-28(29)31(41)37-12-13-44-14-23(37)39(38)27-18-4-2-3-5-19(18)30-24-17(15-47-30)8-10-33(35,36)26-21(34)7-6-20(27)25(24)26/h2-7,9,11,15,23,27H,8,10,12-14,16H2,1H3. The zero-order valence-corrected chi connectivity index (χ0v) is 25.7. The molecule has 1 amide bonds. The molecule has 8 rings (SSSR count). The molecule has 10 nitrogen and oxygen atoms in total. The Morgan fingerprint density at radius 1 is 1.11 bits per heavy atom. The molecule has 47 heavy (non-hydrogen) atoms. The van der Waals surface area contributed by atoms with Crippen LogP contribution < -0.4 is 15.2 Å². The molecule has 0 saturated carbocycles. The molecule has 0 radical (unpaired) electrons. The lowest BCUT2D eigenvalue weighted by atomic mass is 9.87. The van der Waals surface area contributed by atoms with E-state index in [0.717, 1.165) is 29.2 Å². The quantitative estimate of drug-likeness (QED) is 0.211. The number of alkyl halides is 2. The van der Waals surface area contributed by atoms with Crippen LogP contribution in [0.1, 0.15) is 45.2 Å². The fourth-order valence-corrected chi connectivity index (χ4v) is 8.32. The number of carbonyl (C=O) groups is 2. The molecule has 242 valence electrons. The third-order valence-electron chi connectivity index (χ3n) is 9.14. The molecule has 0 spiro atoms. The number of rotatable bonds is 4. The Hall–Kier alpha value is -4.82. The molecule has 1 saturated heterocycles. The van der Waals surface area contributed by atoms with Gasteiger partial charge in [-0.1, -0.05) is 30.3 Å². The fourth-order valence-electron chi connectivity index (χ4n) is 7.16. The summed E-state index contributed by atoms with van der Waals surface area (Å²) < 4.78 is 69.9. The minimum absolute atomic E-state index is 0.0597. The van der Waals surface area contributed by atoms with Gasteiger partial charge in [0.2, 0.25) is 18.0 Å². The van der Waals surface area contributed by atoms with Crippen LogP contribution in [0.15, 0.2) is 58.8 Å². The van der Waals surface area contributed by atoms with E-state index in [2.05, 4.69) is 4.74 Å². The van der Waals surface area contributed by atoms with Crippen molar-refractivity contribution in [2.75, 3.05) is 38.7 Å². The molecule has 4 heterocycles. The number of fused-ring (bicyclic) bond motifs is 4. The summed E-state index contributed by atoms with van der Waals surface area (Å²) in [5.41, 5.74) is 1.90. The number of carbonyl (C=O) groups excluding carboxylic acids is 2. The summed E-state index contributed by atoms with van der Waals surface area (Å²) in [5, 5.41) is 3.67. The zero-order valence-electron chi connectivity index (χ0n) is 24.8. The van der Waals surface area contributed by atoms with Crippen molar-refractivity contribution in [3.63, 3.8) is 0 Å². The first-order valence-electron chi connectivity index (χ1n) is 14.9. The molecule has 0 bridgehead atoms. The van der Waals surface area contributed by atoms with E-state index >= 15 is 13.2 Å². The number of aromatic nitrogens is 1. The number of halogens is 3. The third kappa shape index (κ3) is 4.38. The number of hydrogen-bond acceptors (Lipinski definition) is 9. The van der Waals surface area contributed by atoms with Crippen molar-refractivity contribution < 1.29 is 41.7 Å². The van der Waals surface area contributed by atoms with Gasteiger partial charge in [-0.05, 0) is 40.1 Å². The molecule has 4 aliphatic rings. The number of methoxy groups -OCH3 is 1. The summed E-state index contributed by atoms with van der Waals surface area (Å²) >= 11 is 1.42. The highest BCUT2D eigenvalue weighted by Crippen LogP contribution is 2.57. The zero-order chi connectivity index (χ0) is 32.6. The molecule has 2 aromatic carbocycles. The van der Waals surface area contributed by atoms with Gasteiger partial charge < -0.3 is 23.8 Å². The first-order valence-corrected chi connectivity index (χ1v) is 15.8. The van der Waals surface area contributed by atoms with Crippen molar-refractivity contribution in [1.82, 2.24) is 9.58 Å². The minimum atomic E-state index is -3.45. The number of aryl methyl sites for hydroxylation is 1. The second-order valence-corrected chi connectivity index (χ2v) is 12.4. The molecule has 2 unspecified atom stereocenters. The van der Waals surface area contributed by atoms with Crippen LogP contribution in [0.4, 0.5) is 18.0 Å². The first kappa shape index (κ1) is 29.6. The minimum Gasteiger partial charge on any atom is -0.451 e. The van der Waals surface area contributed by atoms with Crippen LogP contribution >= 0.6 is 11.3 Å². The monoisotopic (exact) mass is 665 g/mol. The van der Waals surface area contributed by atoms with Crippen LogP contribution in [0.25, 0.3) is 21.6 Å². The van der Waals surface area contributed by atoms with Gasteiger partial charge >= 0.3 is 6.16 Å². The summed E-state index contributed by atoms with van der Waals surface area (Å²) in [6, 6.07) is 10.4. The van der Waals surface area contributed by atoms with Gasteiger partial charge in [-0.3, -0.25) is 19.3 Å². The van der Waals surface area contributed by atoms with Crippen molar-refractivity contribution in [3.8, 4) is 27.3 Å². The molecule has 4 aromatic rings. The molecule has 1 fully saturated rings. The van der Waals surface area contributed by atoms with Gasteiger partial charge in [0.05, 0.1) is 31.9 Å². The Labute approximate surface area is 269 Å². The van der Waals surface area contributed by atoms with Gasteiger partial charge in [0.1, 0.15) is 12.0 Å². The summed E-state index contributed by atoms with van der Waals surface area (Å²) in [4.78, 5) is 41.2. The van der Waals surface area contributed by atoms with Crippen LogP contribution in [0.3, 0.4) is 0 Å². The normalized spacial score (nSPS) is 20.2. The Morgan fingerprint density at radius 3 is 2.77 bits per heavy atom. The highest BCUT2D eigenvalue weighted by atomic mass is 32.1. The van der Waals surface area contributed by atoms with Crippen LogP contribution in [-0.2, 0) is 26.6 Å². The smallest absolute Gasteiger partial charge is 0.451 e. The van der Waals surface area contributed by atoms with Crippen molar-refractivity contribution in [1.29, 1.82) is 0 Å². The lowest BCUT2D eigenvalue weighted by molar-refractivity contribution is -0.0209. The maximum absolute atomic E-state index is 16.0. The van der Waals surface area contributed by atoms with Gasteiger partial charge in [-0.25, -0.2) is 18.0 Å². The molecular weight excluding hydrogens is 639 g/mol. The molecule has 14 heteroatoms. The molecule has 2 aromatic heterocycles. The van der Waals surface area contributed by atoms with Gasteiger partial charge in [-0.2, -0.15) is 0 Å². The Kier molecular flexibility index (Phi) is 6.84. The Bertz CT molecular complexity index is 2030. The third-order valence-corrected chi connectivity index (χ3v) is 10.2. The first-order chi connectivity index (χ1) is 22.7. The maximum Gasteiger partial charge on any atom is 0.510 e. The Balaban J connectivity index is 1.42. The fraction of sp³-hybridized carbons (Fsp3) is 0.303. The highest BCUT2D eigenvalue weighted by molar-refractivity contribution is 7.14. The van der Waals surface area contributed by atoms with Crippen molar-refractivity contribution in [2.24, 2.45) is 0 Å². The summed E-state index contributed by atoms with van der Waals surface area (Å²) in [5.74, 6) is -5.35.